The summed E-state index contributed by atoms with van der Waals surface area (Å²) in [5.41, 5.74) is 4.36. The van der Waals surface area contributed by atoms with E-state index in [0.29, 0.717) is 37.0 Å². The molecule has 0 aliphatic carbocycles. The van der Waals surface area contributed by atoms with Gasteiger partial charge in [-0.3, -0.25) is 4.98 Å². The number of piperidine rings is 1. The molecule has 0 spiro atoms. The molecule has 2 aromatic heterocycles. The summed E-state index contributed by atoms with van der Waals surface area (Å²) in [7, 11) is -3.11. The van der Waals surface area contributed by atoms with Gasteiger partial charge >= 0.3 is 0 Å². The van der Waals surface area contributed by atoms with E-state index in [4.69, 9.17) is 14.5 Å². The van der Waals surface area contributed by atoms with E-state index in [-0.39, 0.29) is 6.10 Å². The Hall–Kier alpha value is -2.62. The molecule has 1 unspecified atom stereocenters. The van der Waals surface area contributed by atoms with E-state index in [0.717, 1.165) is 49.1 Å². The van der Waals surface area contributed by atoms with Gasteiger partial charge in [-0.15, -0.1) is 0 Å². The van der Waals surface area contributed by atoms with Gasteiger partial charge in [0.15, 0.2) is 5.52 Å². The Morgan fingerprint density at radius 3 is 2.55 bits per heavy atom. The monoisotopic (exact) mass is 468 g/mol. The van der Waals surface area contributed by atoms with Gasteiger partial charge in [-0.2, -0.15) is 0 Å². The zero-order chi connectivity index (χ0) is 22.8. The van der Waals surface area contributed by atoms with Crippen molar-refractivity contribution >= 4 is 21.1 Å². The van der Waals surface area contributed by atoms with Gasteiger partial charge in [-0.1, -0.05) is 24.3 Å². The fraction of sp³-hybridized carbons (Fsp3) is 0.458. The average Bonchev–Trinajstić information content (AvgIpc) is 3.36. The van der Waals surface area contributed by atoms with Crippen molar-refractivity contribution in [3.8, 4) is 17.1 Å². The molecule has 2 aliphatic rings. The average molecular weight is 469 g/mol. The smallest absolute Gasteiger partial charge is 0.242 e. The molecule has 5 rings (SSSR count). The van der Waals surface area contributed by atoms with E-state index in [1.54, 1.807) is 16.7 Å². The van der Waals surface area contributed by atoms with Gasteiger partial charge < -0.3 is 9.47 Å². The van der Waals surface area contributed by atoms with Crippen LogP contribution in [0.3, 0.4) is 0 Å². The lowest BCUT2D eigenvalue weighted by Gasteiger charge is -2.30. The van der Waals surface area contributed by atoms with Gasteiger partial charge in [0.2, 0.25) is 15.9 Å². The Bertz CT molecular complexity index is 1220. The maximum absolute atomic E-state index is 11.8. The van der Waals surface area contributed by atoms with Crippen LogP contribution >= 0.6 is 0 Å². The number of sulfonamides is 1. The van der Waals surface area contributed by atoms with Crippen molar-refractivity contribution < 1.29 is 17.9 Å². The summed E-state index contributed by atoms with van der Waals surface area (Å²) >= 11 is 0. The Labute approximate surface area is 194 Å². The number of benzene rings is 1. The van der Waals surface area contributed by atoms with Crippen LogP contribution in [0.15, 0.2) is 42.7 Å². The first kappa shape index (κ1) is 22.2. The van der Waals surface area contributed by atoms with Crippen LogP contribution in [0.2, 0.25) is 0 Å². The van der Waals surface area contributed by atoms with E-state index >= 15 is 0 Å². The van der Waals surface area contributed by atoms with E-state index < -0.39 is 10.0 Å². The van der Waals surface area contributed by atoms with Crippen molar-refractivity contribution in [2.45, 2.75) is 37.7 Å². The van der Waals surface area contributed by atoms with Crippen LogP contribution in [0.4, 0.5) is 0 Å². The number of hydrogen-bond acceptors (Lipinski definition) is 7. The first-order valence-corrected chi connectivity index (χ1v) is 13.2. The highest BCUT2D eigenvalue weighted by Gasteiger charge is 2.26. The summed E-state index contributed by atoms with van der Waals surface area (Å²) in [5, 5.41) is 0. The van der Waals surface area contributed by atoms with Crippen LogP contribution in [0.25, 0.3) is 22.3 Å². The van der Waals surface area contributed by atoms with Gasteiger partial charge in [0, 0.05) is 37.7 Å². The SMILES string of the molecule is CS(=O)(=O)N1CCC(c2ccc(-c3cc4nccnc4c(OCC4CCCO4)n3)cc2)CC1. The van der Waals surface area contributed by atoms with Crippen molar-refractivity contribution in [3.63, 3.8) is 0 Å². The minimum atomic E-state index is -3.11. The third kappa shape index (κ3) is 5.00. The van der Waals surface area contributed by atoms with E-state index in [1.165, 1.54) is 11.8 Å². The molecule has 0 saturated carbocycles. The Morgan fingerprint density at radius 2 is 1.85 bits per heavy atom. The van der Waals surface area contributed by atoms with Crippen molar-refractivity contribution in [3.05, 3.63) is 48.3 Å². The maximum Gasteiger partial charge on any atom is 0.242 e. The lowest BCUT2D eigenvalue weighted by Crippen LogP contribution is -2.37. The Balaban J connectivity index is 1.35. The van der Waals surface area contributed by atoms with Gasteiger partial charge in [-0.25, -0.2) is 22.7 Å². The molecule has 0 radical (unpaired) electrons. The highest BCUT2D eigenvalue weighted by Crippen LogP contribution is 2.32. The number of fused-ring (bicyclic) bond motifs is 1. The lowest BCUT2D eigenvalue weighted by molar-refractivity contribution is 0.0669. The standard InChI is InChI=1S/C24H28N4O4S/c1-33(29,30)28-12-8-18(9-13-28)17-4-6-19(7-5-17)21-15-22-23(26-11-10-25-22)24(27-21)32-16-20-3-2-14-31-20/h4-7,10-11,15,18,20H,2-3,8-9,12-14,16H2,1H3. The second-order valence-corrected chi connectivity index (χ2v) is 10.7. The van der Waals surface area contributed by atoms with Gasteiger partial charge in [0.05, 0.1) is 23.6 Å². The van der Waals surface area contributed by atoms with E-state index in [2.05, 4.69) is 34.2 Å². The second-order valence-electron chi connectivity index (χ2n) is 8.74. The summed E-state index contributed by atoms with van der Waals surface area (Å²) in [5.74, 6) is 0.834. The number of hydrogen-bond donors (Lipinski definition) is 0. The van der Waals surface area contributed by atoms with Crippen LogP contribution in [0, 0.1) is 0 Å². The Kier molecular flexibility index (Phi) is 6.27. The number of ether oxygens (including phenoxy) is 2. The van der Waals surface area contributed by atoms with Gasteiger partial charge in [-0.05, 0) is 43.2 Å². The molecule has 4 heterocycles. The van der Waals surface area contributed by atoms with E-state index in [9.17, 15) is 8.42 Å². The number of pyridine rings is 1. The first-order valence-electron chi connectivity index (χ1n) is 11.4. The zero-order valence-electron chi connectivity index (χ0n) is 18.7. The molecule has 8 nitrogen and oxygen atoms in total. The molecular weight excluding hydrogens is 440 g/mol. The second kappa shape index (κ2) is 9.32. The maximum atomic E-state index is 11.8. The molecule has 3 aromatic rings. The van der Waals surface area contributed by atoms with Crippen molar-refractivity contribution in [2.24, 2.45) is 0 Å². The van der Waals surface area contributed by atoms with Crippen molar-refractivity contribution in [1.82, 2.24) is 19.3 Å². The normalized spacial score (nSPS) is 20.3. The largest absolute Gasteiger partial charge is 0.473 e. The third-order valence-corrected chi connectivity index (χ3v) is 7.76. The number of aromatic nitrogens is 3. The van der Waals surface area contributed by atoms with Crippen molar-refractivity contribution in [2.75, 3.05) is 32.6 Å². The molecular formula is C24H28N4O4S. The van der Waals surface area contributed by atoms with Crippen LogP contribution < -0.4 is 4.74 Å². The summed E-state index contributed by atoms with van der Waals surface area (Å²) < 4.78 is 36.8. The van der Waals surface area contributed by atoms with Crippen LogP contribution in [-0.2, 0) is 14.8 Å². The summed E-state index contributed by atoms with van der Waals surface area (Å²) in [6, 6.07) is 10.3. The number of rotatable bonds is 6. The molecule has 0 bridgehead atoms. The minimum Gasteiger partial charge on any atom is -0.473 e. The van der Waals surface area contributed by atoms with Gasteiger partial charge in [0.1, 0.15) is 6.61 Å². The Morgan fingerprint density at radius 1 is 1.09 bits per heavy atom. The molecule has 174 valence electrons. The molecule has 2 fully saturated rings. The number of nitrogens with zero attached hydrogens (tertiary/aromatic N) is 4. The molecule has 33 heavy (non-hydrogen) atoms. The summed E-state index contributed by atoms with van der Waals surface area (Å²) in [6.07, 6.45) is 8.40. The highest BCUT2D eigenvalue weighted by atomic mass is 32.2. The van der Waals surface area contributed by atoms with Crippen LogP contribution in [0.1, 0.15) is 37.2 Å². The quantitative estimate of drug-likeness (QED) is 0.547. The molecule has 0 amide bonds. The minimum absolute atomic E-state index is 0.0931. The van der Waals surface area contributed by atoms with Crippen LogP contribution in [-0.4, -0.2) is 66.3 Å². The predicted molar refractivity (Wildman–Crippen MR) is 126 cm³/mol. The topological polar surface area (TPSA) is 94.5 Å². The summed E-state index contributed by atoms with van der Waals surface area (Å²) in [4.78, 5) is 13.6. The molecule has 1 aromatic carbocycles. The summed E-state index contributed by atoms with van der Waals surface area (Å²) in [6.45, 7) is 2.37. The molecule has 9 heteroatoms. The third-order valence-electron chi connectivity index (χ3n) is 6.46. The van der Waals surface area contributed by atoms with Crippen molar-refractivity contribution in [1.29, 1.82) is 0 Å². The molecule has 0 N–H and O–H groups in total. The predicted octanol–water partition coefficient (Wildman–Crippen LogP) is 3.39. The molecule has 2 saturated heterocycles. The van der Waals surface area contributed by atoms with Crippen LogP contribution in [0.5, 0.6) is 5.88 Å². The fourth-order valence-electron chi connectivity index (χ4n) is 4.59. The molecule has 1 atom stereocenters. The van der Waals surface area contributed by atoms with Gasteiger partial charge in [0.25, 0.3) is 0 Å². The fourth-order valence-corrected chi connectivity index (χ4v) is 5.46. The highest BCUT2D eigenvalue weighted by molar-refractivity contribution is 7.88. The zero-order valence-corrected chi connectivity index (χ0v) is 19.5. The lowest BCUT2D eigenvalue weighted by atomic mass is 9.89. The molecule has 2 aliphatic heterocycles. The van der Waals surface area contributed by atoms with E-state index in [1.807, 2.05) is 6.07 Å². The first-order chi connectivity index (χ1) is 16.0.